The highest BCUT2D eigenvalue weighted by molar-refractivity contribution is 8.76. The van der Waals surface area contributed by atoms with Crippen LogP contribution in [-0.4, -0.2) is 144 Å². The first kappa shape index (κ1) is 59.7. The molecule has 2 aromatic carbocycles. The Kier molecular flexibility index (Phi) is 23.5. The van der Waals surface area contributed by atoms with E-state index in [0.717, 1.165) is 48.3 Å². The van der Waals surface area contributed by atoms with E-state index in [-0.39, 0.29) is 48.3 Å². The van der Waals surface area contributed by atoms with Crippen molar-refractivity contribution in [3.63, 3.8) is 0 Å². The zero-order chi connectivity index (χ0) is 54.7. The highest BCUT2D eigenvalue weighted by Gasteiger charge is 2.43. The Balaban J connectivity index is 0.989. The number of amides is 8. The molecule has 8 amide bonds. The van der Waals surface area contributed by atoms with Gasteiger partial charge in [-0.1, -0.05) is 112 Å². The predicted octanol–water partition coefficient (Wildman–Crippen LogP) is 5.00. The number of nitrogens with one attached hydrogen (secondary N) is 6. The quantitative estimate of drug-likeness (QED) is 0.0638. The lowest BCUT2D eigenvalue weighted by Crippen LogP contribution is -2.62. The molecular weight excluding hydrogens is 1010 g/mol. The van der Waals surface area contributed by atoms with E-state index < -0.39 is 72.0 Å². The molecule has 10 atom stereocenters. The number of carbonyl (C=O) groups excluding carboxylic acids is 8. The molecule has 0 aliphatic carbocycles. The second-order valence-electron chi connectivity index (χ2n) is 20.8. The molecule has 0 bridgehead atoms. The van der Waals surface area contributed by atoms with Crippen molar-refractivity contribution in [1.82, 2.24) is 41.7 Å². The van der Waals surface area contributed by atoms with Gasteiger partial charge in [0.15, 0.2) is 0 Å². The maximum Gasteiger partial charge on any atom is 0.246 e. The van der Waals surface area contributed by atoms with Gasteiger partial charge in [-0.05, 0) is 98.6 Å². The Bertz CT molecular complexity index is 2290. The second kappa shape index (κ2) is 29.9. The summed E-state index contributed by atoms with van der Waals surface area (Å²) >= 11 is 0. The van der Waals surface area contributed by atoms with Crippen LogP contribution in [0.4, 0.5) is 0 Å². The Morgan fingerprint density at radius 3 is 1.41 bits per heavy atom. The smallest absolute Gasteiger partial charge is 0.246 e. The summed E-state index contributed by atoms with van der Waals surface area (Å²) in [7, 11) is 6.69. The molecule has 4 aliphatic rings. The molecule has 0 spiro atoms. The molecule has 6 N–H and O–H groups in total. The maximum atomic E-state index is 14.3. The fourth-order valence-electron chi connectivity index (χ4n) is 10.4. The Labute approximate surface area is 457 Å². The van der Waals surface area contributed by atoms with Crippen LogP contribution in [0.15, 0.2) is 48.5 Å². The van der Waals surface area contributed by atoms with E-state index >= 15 is 0 Å². The van der Waals surface area contributed by atoms with Crippen molar-refractivity contribution in [3.8, 4) is 11.5 Å². The number of rotatable bonds is 23. The molecular formula is C56H82N8O10S2. The average molecular weight is 1090 g/mol. The molecule has 0 radical (unpaired) electrons. The molecule has 2 aromatic rings. The molecule has 6 rings (SSSR count). The van der Waals surface area contributed by atoms with Gasteiger partial charge in [0.2, 0.25) is 47.3 Å². The Hall–Kier alpha value is -5.50. The number of unbranched alkanes of at least 4 members (excludes halogenated alkanes) is 4. The third kappa shape index (κ3) is 16.5. The fraction of sp³-hybridized carbons (Fsp3) is 0.643. The van der Waals surface area contributed by atoms with Crippen LogP contribution in [0.3, 0.4) is 0 Å². The summed E-state index contributed by atoms with van der Waals surface area (Å²) in [5.41, 5.74) is 1.59. The molecule has 4 aliphatic heterocycles. The van der Waals surface area contributed by atoms with Gasteiger partial charge in [-0.25, -0.2) is 0 Å². The fourth-order valence-corrected chi connectivity index (χ4v) is 12.7. The van der Waals surface area contributed by atoms with Crippen LogP contribution in [0.25, 0.3) is 0 Å². The lowest BCUT2D eigenvalue weighted by molar-refractivity contribution is -0.144. The monoisotopic (exact) mass is 1090 g/mol. The molecule has 4 fully saturated rings. The first-order valence-electron chi connectivity index (χ1n) is 27.6. The van der Waals surface area contributed by atoms with Crippen LogP contribution in [-0.2, 0) is 51.2 Å². The first-order valence-corrected chi connectivity index (χ1v) is 30.1. The van der Waals surface area contributed by atoms with Gasteiger partial charge < -0.3 is 51.2 Å². The van der Waals surface area contributed by atoms with Gasteiger partial charge in [0, 0.05) is 37.4 Å². The number of fused-ring (bicyclic) bond motifs is 2. The summed E-state index contributed by atoms with van der Waals surface area (Å²) in [6.07, 6.45) is 9.38. The van der Waals surface area contributed by atoms with Gasteiger partial charge in [-0.15, -0.1) is 0 Å². The number of hydrogen-bond acceptors (Lipinski definition) is 12. The van der Waals surface area contributed by atoms with Crippen molar-refractivity contribution in [2.45, 2.75) is 179 Å². The highest BCUT2D eigenvalue weighted by atomic mass is 33.1. The van der Waals surface area contributed by atoms with Crippen molar-refractivity contribution >= 4 is 68.8 Å². The standard InChI is InChI=1S/C56H82N8O10S2/c1-7-35(3)47-54(70)60-43(33-37-21-25-39(73-5)26-22-37)50(66)58-42(55(71)63-29-15-20-46(63)53(69)61-47)18-12-10-14-32-76-75-31-13-9-11-17-41-49(65)59-44(34-38-23-27-40(74-6)28-24-38)51(67)62-48(36(4)8-2)56(72)64-30-16-19-45(64)52(68)57-41/h21-28,35-36,41-48H,7-20,29-34H2,1-6H3,(H,57,68)(H,58,66)(H,59,65)(H,60,70)(H,61,69)(H,62,67)/t35?,36?,41-,42-,43+,44+,45+,46+,47-,48-/m0/s1. The van der Waals surface area contributed by atoms with Gasteiger partial charge >= 0.3 is 0 Å². The number of carbonyl (C=O) groups is 8. The minimum atomic E-state index is -0.991. The summed E-state index contributed by atoms with van der Waals surface area (Å²) in [5, 5.41) is 17.8. The summed E-state index contributed by atoms with van der Waals surface area (Å²) in [4.78, 5) is 115. The molecule has 76 heavy (non-hydrogen) atoms. The number of methoxy groups -OCH3 is 2. The maximum absolute atomic E-state index is 14.3. The summed E-state index contributed by atoms with van der Waals surface area (Å²) in [6.45, 7) is 8.49. The van der Waals surface area contributed by atoms with Crippen LogP contribution < -0.4 is 41.4 Å². The second-order valence-corrected chi connectivity index (χ2v) is 23.5. The van der Waals surface area contributed by atoms with Gasteiger partial charge in [0.25, 0.3) is 0 Å². The van der Waals surface area contributed by atoms with Gasteiger partial charge in [-0.3, -0.25) is 38.4 Å². The van der Waals surface area contributed by atoms with Gasteiger partial charge in [-0.2, -0.15) is 0 Å². The lowest BCUT2D eigenvalue weighted by Gasteiger charge is -2.34. The molecule has 0 aromatic heterocycles. The molecule has 20 heteroatoms. The summed E-state index contributed by atoms with van der Waals surface area (Å²) < 4.78 is 10.6. The number of benzene rings is 2. The largest absolute Gasteiger partial charge is 0.497 e. The van der Waals surface area contributed by atoms with Gasteiger partial charge in [0.1, 0.15) is 59.8 Å². The Morgan fingerprint density at radius 1 is 0.487 bits per heavy atom. The SMILES string of the molecule is CCC(C)[C@@H]1NC(=O)[C@H]2CCCN2C(=O)[C@H](CCCCCSSCCCCC[C@@H]2NC(=O)[C@H]3CCCN3C(=O)[C@H](C(C)CC)NC(=O)[C@@H](Cc3ccc(OC)cc3)NC2=O)NC(=O)[C@@H](Cc2ccc(OC)cc2)NC1=O. The zero-order valence-electron chi connectivity index (χ0n) is 45.3. The van der Waals surface area contributed by atoms with Crippen LogP contribution in [0, 0.1) is 11.8 Å². The highest BCUT2D eigenvalue weighted by Crippen LogP contribution is 2.27. The predicted molar refractivity (Wildman–Crippen MR) is 295 cm³/mol. The van der Waals surface area contributed by atoms with Crippen LogP contribution in [0.2, 0.25) is 0 Å². The summed E-state index contributed by atoms with van der Waals surface area (Å²) in [6, 6.07) is 7.62. The van der Waals surface area contributed by atoms with E-state index in [0.29, 0.717) is 88.8 Å². The summed E-state index contributed by atoms with van der Waals surface area (Å²) in [5.74, 6) is -0.375. The third-order valence-electron chi connectivity index (χ3n) is 15.5. The number of hydrogen-bond donors (Lipinski definition) is 6. The third-order valence-corrected chi connectivity index (χ3v) is 18.1. The lowest BCUT2D eigenvalue weighted by atomic mass is 9.95. The van der Waals surface area contributed by atoms with E-state index in [1.165, 1.54) is 0 Å². The Morgan fingerprint density at radius 2 is 0.895 bits per heavy atom. The molecule has 0 saturated carbocycles. The van der Waals surface area contributed by atoms with Crippen LogP contribution in [0.5, 0.6) is 11.5 Å². The minimum absolute atomic E-state index is 0.178. The number of nitrogens with zero attached hydrogens (tertiary/aromatic N) is 2. The molecule has 2 unspecified atom stereocenters. The van der Waals surface area contributed by atoms with E-state index in [2.05, 4.69) is 31.9 Å². The molecule has 4 heterocycles. The van der Waals surface area contributed by atoms with E-state index in [4.69, 9.17) is 9.47 Å². The number of ether oxygens (including phenoxy) is 2. The zero-order valence-corrected chi connectivity index (χ0v) is 47.0. The molecule has 4 saturated heterocycles. The van der Waals surface area contributed by atoms with Crippen molar-refractivity contribution in [3.05, 3.63) is 59.7 Å². The topological polar surface area (TPSA) is 234 Å². The molecule has 418 valence electrons. The van der Waals surface area contributed by atoms with Crippen LogP contribution in [0.1, 0.15) is 129 Å². The average Bonchev–Trinajstić information content (AvgIpc) is 4.14. The van der Waals surface area contributed by atoms with E-state index in [1.807, 2.05) is 52.0 Å². The van der Waals surface area contributed by atoms with Crippen molar-refractivity contribution in [2.75, 3.05) is 38.8 Å². The van der Waals surface area contributed by atoms with Crippen molar-refractivity contribution in [2.24, 2.45) is 11.8 Å². The molecule has 18 nitrogen and oxygen atoms in total. The van der Waals surface area contributed by atoms with Gasteiger partial charge in [0.05, 0.1) is 14.2 Å². The first-order chi connectivity index (χ1) is 36.6. The van der Waals surface area contributed by atoms with Crippen molar-refractivity contribution < 1.29 is 47.8 Å². The normalized spacial score (nSPS) is 25.7. The van der Waals surface area contributed by atoms with Crippen LogP contribution >= 0.6 is 21.6 Å². The van der Waals surface area contributed by atoms with E-state index in [1.54, 1.807) is 69.9 Å². The van der Waals surface area contributed by atoms with E-state index in [9.17, 15) is 38.4 Å². The van der Waals surface area contributed by atoms with Crippen molar-refractivity contribution in [1.29, 1.82) is 0 Å². The minimum Gasteiger partial charge on any atom is -0.497 e.